The number of amides is 1. The average Bonchev–Trinajstić information content (AvgIpc) is 2.92. The molecule has 1 aliphatic carbocycles. The Morgan fingerprint density at radius 1 is 1.19 bits per heavy atom. The summed E-state index contributed by atoms with van der Waals surface area (Å²) in [7, 11) is 0. The summed E-state index contributed by atoms with van der Waals surface area (Å²) in [6, 6.07) is 3.19. The van der Waals surface area contributed by atoms with E-state index in [0.29, 0.717) is 14.2 Å². The highest BCUT2D eigenvalue weighted by Crippen LogP contribution is 2.37. The number of benzene rings is 1. The van der Waals surface area contributed by atoms with Gasteiger partial charge in [-0.25, -0.2) is 0 Å². The second kappa shape index (κ2) is 7.59. The van der Waals surface area contributed by atoms with E-state index in [1.807, 2.05) is 0 Å². The van der Waals surface area contributed by atoms with Crippen molar-refractivity contribution in [3.8, 4) is 0 Å². The molecule has 0 N–H and O–H groups in total. The molecule has 0 atom stereocenters. The first-order valence-corrected chi connectivity index (χ1v) is 10.6. The number of nitrogens with zero attached hydrogens (tertiary/aromatic N) is 1. The molecule has 4 nitrogen and oxygen atoms in total. The normalized spacial score (nSPS) is 20.2. The molecule has 0 bridgehead atoms. The van der Waals surface area contributed by atoms with E-state index in [1.165, 1.54) is 36.6 Å². The minimum absolute atomic E-state index is 0.138. The average molecular weight is 440 g/mol. The van der Waals surface area contributed by atoms with E-state index in [0.717, 1.165) is 25.7 Å². The minimum atomic E-state index is -0.288. The molecule has 0 radical (unpaired) electrons. The van der Waals surface area contributed by atoms with E-state index in [-0.39, 0.29) is 38.9 Å². The largest absolute Gasteiger partial charge is 0.462 e. The molecule has 8 heteroatoms. The molecular formula is C19H15Cl2NO3S2. The zero-order chi connectivity index (χ0) is 19.1. The fourth-order valence-corrected chi connectivity index (χ4v) is 5.48. The summed E-state index contributed by atoms with van der Waals surface area (Å²) < 4.78 is 6.07. The molecule has 2 fully saturated rings. The van der Waals surface area contributed by atoms with Crippen LogP contribution in [-0.4, -0.2) is 21.2 Å². The van der Waals surface area contributed by atoms with Crippen molar-refractivity contribution >= 4 is 74.5 Å². The Morgan fingerprint density at radius 3 is 2.67 bits per heavy atom. The monoisotopic (exact) mass is 439 g/mol. The third-order valence-corrected chi connectivity index (χ3v) is 6.70. The maximum absolute atomic E-state index is 12.9. The predicted molar refractivity (Wildman–Crippen MR) is 114 cm³/mol. The molecule has 2 aliphatic rings. The van der Waals surface area contributed by atoms with Crippen LogP contribution in [0.15, 0.2) is 32.5 Å². The number of carbonyl (C=O) groups is 1. The fourth-order valence-electron chi connectivity index (χ4n) is 3.55. The highest BCUT2D eigenvalue weighted by atomic mass is 35.5. The van der Waals surface area contributed by atoms with E-state index in [4.69, 9.17) is 39.8 Å². The molecule has 2 heterocycles. The van der Waals surface area contributed by atoms with Gasteiger partial charge in [0.2, 0.25) is 0 Å². The molecule has 1 saturated heterocycles. The van der Waals surface area contributed by atoms with E-state index in [2.05, 4.69) is 0 Å². The zero-order valence-corrected chi connectivity index (χ0v) is 17.3. The minimum Gasteiger partial charge on any atom is -0.462 e. The van der Waals surface area contributed by atoms with Gasteiger partial charge < -0.3 is 4.42 Å². The summed E-state index contributed by atoms with van der Waals surface area (Å²) in [6.07, 6.45) is 8.21. The highest BCUT2D eigenvalue weighted by Gasteiger charge is 2.37. The van der Waals surface area contributed by atoms with E-state index >= 15 is 0 Å². The third-order valence-electron chi connectivity index (χ3n) is 4.87. The van der Waals surface area contributed by atoms with E-state index in [1.54, 1.807) is 11.0 Å². The third kappa shape index (κ3) is 3.56. The summed E-state index contributed by atoms with van der Waals surface area (Å²) in [5.41, 5.74) is 0.256. The summed E-state index contributed by atoms with van der Waals surface area (Å²) >= 11 is 18.7. The molecule has 0 spiro atoms. The fraction of sp³-hybridized carbons (Fsp3) is 0.316. The van der Waals surface area contributed by atoms with Crippen LogP contribution < -0.4 is 5.43 Å². The van der Waals surface area contributed by atoms with Gasteiger partial charge in [-0.3, -0.25) is 14.5 Å². The Balaban J connectivity index is 1.71. The molecular weight excluding hydrogens is 425 g/mol. The second-order valence-corrected chi connectivity index (χ2v) is 9.15. The summed E-state index contributed by atoms with van der Waals surface area (Å²) in [4.78, 5) is 27.8. The van der Waals surface area contributed by atoms with E-state index < -0.39 is 0 Å². The zero-order valence-electron chi connectivity index (χ0n) is 14.2. The molecule has 4 rings (SSSR count). The van der Waals surface area contributed by atoms with Crippen molar-refractivity contribution in [2.75, 3.05) is 0 Å². The van der Waals surface area contributed by atoms with Crippen LogP contribution in [0.4, 0.5) is 0 Å². The Hall–Kier alpha value is -1.34. The maximum Gasteiger partial charge on any atom is 0.266 e. The number of hydrogen-bond acceptors (Lipinski definition) is 5. The predicted octanol–water partition coefficient (Wildman–Crippen LogP) is 5.63. The molecule has 1 saturated carbocycles. The van der Waals surface area contributed by atoms with Crippen LogP contribution in [0.25, 0.3) is 17.0 Å². The highest BCUT2D eigenvalue weighted by molar-refractivity contribution is 8.26. The van der Waals surface area contributed by atoms with Crippen molar-refractivity contribution < 1.29 is 9.21 Å². The molecule has 1 aromatic carbocycles. The molecule has 1 aliphatic heterocycles. The Labute approximate surface area is 175 Å². The van der Waals surface area contributed by atoms with Crippen LogP contribution >= 0.6 is 47.2 Å². The molecule has 0 unspecified atom stereocenters. The first kappa shape index (κ1) is 19.0. The molecule has 1 aromatic heterocycles. The van der Waals surface area contributed by atoms with Crippen LogP contribution in [0.5, 0.6) is 0 Å². The lowest BCUT2D eigenvalue weighted by Crippen LogP contribution is -2.39. The lowest BCUT2D eigenvalue weighted by Gasteiger charge is -2.29. The first-order chi connectivity index (χ1) is 13.0. The van der Waals surface area contributed by atoms with Gasteiger partial charge >= 0.3 is 0 Å². The van der Waals surface area contributed by atoms with Crippen molar-refractivity contribution in [1.29, 1.82) is 0 Å². The summed E-state index contributed by atoms with van der Waals surface area (Å²) in [5.74, 6) is -0.138. The number of thioether (sulfide) groups is 1. The van der Waals surface area contributed by atoms with Gasteiger partial charge in [-0.2, -0.15) is 0 Å². The lowest BCUT2D eigenvalue weighted by atomic mass is 9.94. The van der Waals surface area contributed by atoms with Crippen LogP contribution in [0.1, 0.15) is 37.7 Å². The van der Waals surface area contributed by atoms with Crippen LogP contribution in [-0.2, 0) is 4.79 Å². The Kier molecular flexibility index (Phi) is 5.34. The number of carbonyl (C=O) groups excluding carboxylic acids is 1. The van der Waals surface area contributed by atoms with Crippen molar-refractivity contribution in [1.82, 2.24) is 4.90 Å². The number of rotatable bonds is 2. The van der Waals surface area contributed by atoms with Gasteiger partial charge in [-0.1, -0.05) is 66.4 Å². The van der Waals surface area contributed by atoms with Crippen LogP contribution in [0, 0.1) is 0 Å². The number of fused-ring (bicyclic) bond motifs is 1. The lowest BCUT2D eigenvalue weighted by molar-refractivity contribution is -0.124. The second-order valence-electron chi connectivity index (χ2n) is 6.63. The van der Waals surface area contributed by atoms with Gasteiger partial charge in [0.15, 0.2) is 11.0 Å². The Bertz CT molecular complexity index is 1040. The van der Waals surface area contributed by atoms with Gasteiger partial charge in [0.05, 0.1) is 20.9 Å². The van der Waals surface area contributed by atoms with Crippen LogP contribution in [0.2, 0.25) is 10.0 Å². The number of hydrogen-bond donors (Lipinski definition) is 0. The smallest absolute Gasteiger partial charge is 0.266 e. The maximum atomic E-state index is 12.9. The summed E-state index contributed by atoms with van der Waals surface area (Å²) in [5, 5.41) is 0.898. The van der Waals surface area contributed by atoms with Gasteiger partial charge in [0, 0.05) is 11.1 Å². The van der Waals surface area contributed by atoms with Crippen molar-refractivity contribution in [3.63, 3.8) is 0 Å². The van der Waals surface area contributed by atoms with Gasteiger partial charge in [-0.15, -0.1) is 0 Å². The van der Waals surface area contributed by atoms with Gasteiger partial charge in [-0.05, 0) is 31.1 Å². The van der Waals surface area contributed by atoms with E-state index in [9.17, 15) is 9.59 Å². The Morgan fingerprint density at radius 2 is 1.93 bits per heavy atom. The molecule has 27 heavy (non-hydrogen) atoms. The standard InChI is InChI=1S/C19H15Cl2NO3S2/c20-11-7-13-16(23)10(9-25-17(13)14(21)8-11)6-15-18(24)22(19(26)27-15)12-4-2-1-3-5-12/h6-9,12H,1-5H2/b15-6+. The summed E-state index contributed by atoms with van der Waals surface area (Å²) in [6.45, 7) is 0. The van der Waals surface area contributed by atoms with Crippen molar-refractivity contribution in [3.05, 3.63) is 49.1 Å². The molecule has 2 aromatic rings. The molecule has 1 amide bonds. The van der Waals surface area contributed by atoms with Crippen molar-refractivity contribution in [2.45, 2.75) is 38.1 Å². The number of halogens is 2. The first-order valence-electron chi connectivity index (χ1n) is 8.63. The van der Waals surface area contributed by atoms with Crippen LogP contribution in [0.3, 0.4) is 0 Å². The topological polar surface area (TPSA) is 50.5 Å². The van der Waals surface area contributed by atoms with Gasteiger partial charge in [0.25, 0.3) is 5.91 Å². The van der Waals surface area contributed by atoms with Crippen molar-refractivity contribution in [2.24, 2.45) is 0 Å². The number of thiocarbonyl (C=S) groups is 1. The molecule has 140 valence electrons. The quantitative estimate of drug-likeness (QED) is 0.447. The SMILES string of the molecule is O=C1/C(=C\c2coc3c(Cl)cc(Cl)cc3c2=O)SC(=S)N1C1CCCCC1. The van der Waals surface area contributed by atoms with Gasteiger partial charge in [0.1, 0.15) is 10.6 Å².